The second-order valence-corrected chi connectivity index (χ2v) is 5.43. The number of nitrogens with zero attached hydrogens (tertiary/aromatic N) is 1. The SMILES string of the molecule is O=C(Nc1cccc(Cl)c1Cl)N1CCC(CO)CC1. The molecule has 104 valence electrons. The fourth-order valence-electron chi connectivity index (χ4n) is 2.11. The summed E-state index contributed by atoms with van der Waals surface area (Å²) < 4.78 is 0. The Morgan fingerprint density at radius 2 is 2.05 bits per heavy atom. The average Bonchev–Trinajstić information content (AvgIpc) is 2.44. The number of benzene rings is 1. The van der Waals surface area contributed by atoms with Crippen LogP contribution in [-0.4, -0.2) is 35.7 Å². The van der Waals surface area contributed by atoms with Crippen molar-refractivity contribution in [2.24, 2.45) is 5.92 Å². The maximum absolute atomic E-state index is 12.1. The van der Waals surface area contributed by atoms with Gasteiger partial charge in [-0.25, -0.2) is 4.79 Å². The third kappa shape index (κ3) is 3.53. The van der Waals surface area contributed by atoms with Crippen LogP contribution in [0.3, 0.4) is 0 Å². The maximum Gasteiger partial charge on any atom is 0.321 e. The number of likely N-dealkylation sites (tertiary alicyclic amines) is 1. The Balaban J connectivity index is 1.96. The van der Waals surface area contributed by atoms with Gasteiger partial charge in [-0.05, 0) is 30.9 Å². The molecule has 2 amide bonds. The first-order valence-electron chi connectivity index (χ1n) is 6.22. The number of aliphatic hydroxyl groups is 1. The van der Waals surface area contributed by atoms with Gasteiger partial charge in [0.15, 0.2) is 0 Å². The topological polar surface area (TPSA) is 52.6 Å². The summed E-state index contributed by atoms with van der Waals surface area (Å²) in [4.78, 5) is 13.8. The smallest absolute Gasteiger partial charge is 0.321 e. The normalized spacial score (nSPS) is 16.5. The number of piperidine rings is 1. The van der Waals surface area contributed by atoms with Gasteiger partial charge in [-0.3, -0.25) is 0 Å². The van der Waals surface area contributed by atoms with Crippen LogP contribution in [0, 0.1) is 5.92 Å². The molecule has 4 nitrogen and oxygen atoms in total. The van der Waals surface area contributed by atoms with Gasteiger partial charge in [0.25, 0.3) is 0 Å². The van der Waals surface area contributed by atoms with E-state index in [4.69, 9.17) is 28.3 Å². The van der Waals surface area contributed by atoms with E-state index in [2.05, 4.69) is 5.32 Å². The quantitative estimate of drug-likeness (QED) is 0.881. The molecule has 2 rings (SSSR count). The second kappa shape index (κ2) is 6.46. The van der Waals surface area contributed by atoms with Gasteiger partial charge in [0.1, 0.15) is 0 Å². The van der Waals surface area contributed by atoms with E-state index in [9.17, 15) is 4.79 Å². The molecule has 2 N–H and O–H groups in total. The van der Waals surface area contributed by atoms with E-state index >= 15 is 0 Å². The fraction of sp³-hybridized carbons (Fsp3) is 0.462. The monoisotopic (exact) mass is 302 g/mol. The van der Waals surface area contributed by atoms with Crippen LogP contribution in [0.25, 0.3) is 0 Å². The van der Waals surface area contributed by atoms with Gasteiger partial charge in [0.2, 0.25) is 0 Å². The van der Waals surface area contributed by atoms with Crippen LogP contribution in [0.15, 0.2) is 18.2 Å². The number of anilines is 1. The zero-order chi connectivity index (χ0) is 13.8. The van der Waals surface area contributed by atoms with E-state index in [-0.39, 0.29) is 12.6 Å². The highest BCUT2D eigenvalue weighted by Gasteiger charge is 2.22. The first-order valence-corrected chi connectivity index (χ1v) is 6.98. The minimum absolute atomic E-state index is 0.180. The Labute approximate surface area is 122 Å². The maximum atomic E-state index is 12.1. The number of carbonyl (C=O) groups is 1. The summed E-state index contributed by atoms with van der Waals surface area (Å²) in [5.41, 5.74) is 0.517. The molecular weight excluding hydrogens is 287 g/mol. The van der Waals surface area contributed by atoms with E-state index < -0.39 is 0 Å². The third-order valence-electron chi connectivity index (χ3n) is 3.35. The summed E-state index contributed by atoms with van der Waals surface area (Å²) in [7, 11) is 0. The molecule has 1 saturated heterocycles. The summed E-state index contributed by atoms with van der Waals surface area (Å²) in [6.45, 7) is 1.49. The molecule has 1 heterocycles. The highest BCUT2D eigenvalue weighted by Crippen LogP contribution is 2.30. The van der Waals surface area contributed by atoms with Crippen LogP contribution in [0.1, 0.15) is 12.8 Å². The first kappa shape index (κ1) is 14.4. The summed E-state index contributed by atoms with van der Waals surface area (Å²) in [5.74, 6) is 0.304. The number of nitrogens with one attached hydrogen (secondary N) is 1. The molecule has 1 aromatic carbocycles. The second-order valence-electron chi connectivity index (χ2n) is 4.64. The summed E-state index contributed by atoms with van der Waals surface area (Å²) in [5, 5.41) is 12.6. The lowest BCUT2D eigenvalue weighted by Gasteiger charge is -2.31. The van der Waals surface area contributed by atoms with Gasteiger partial charge in [0, 0.05) is 19.7 Å². The zero-order valence-electron chi connectivity index (χ0n) is 10.4. The van der Waals surface area contributed by atoms with Crippen molar-refractivity contribution in [3.8, 4) is 0 Å². The molecule has 6 heteroatoms. The Morgan fingerprint density at radius 3 is 2.68 bits per heavy atom. The summed E-state index contributed by atoms with van der Waals surface area (Å²) in [6.07, 6.45) is 1.65. The summed E-state index contributed by atoms with van der Waals surface area (Å²) in [6, 6.07) is 4.95. The number of hydrogen-bond donors (Lipinski definition) is 2. The van der Waals surface area contributed by atoms with Crippen LogP contribution in [0.4, 0.5) is 10.5 Å². The number of amides is 2. The molecule has 1 aliphatic heterocycles. The van der Waals surface area contributed by atoms with Gasteiger partial charge in [0.05, 0.1) is 15.7 Å². The fourth-order valence-corrected chi connectivity index (χ4v) is 2.46. The van der Waals surface area contributed by atoms with Crippen LogP contribution >= 0.6 is 23.2 Å². The molecule has 0 unspecified atom stereocenters. The predicted molar refractivity (Wildman–Crippen MR) is 76.9 cm³/mol. The van der Waals surface area contributed by atoms with Crippen LogP contribution in [-0.2, 0) is 0 Å². The van der Waals surface area contributed by atoms with E-state index in [0.717, 1.165) is 12.8 Å². The molecule has 0 atom stereocenters. The Morgan fingerprint density at radius 1 is 1.37 bits per heavy atom. The minimum atomic E-state index is -0.180. The van der Waals surface area contributed by atoms with Gasteiger partial charge in [-0.2, -0.15) is 0 Å². The highest BCUT2D eigenvalue weighted by molar-refractivity contribution is 6.43. The van der Waals surface area contributed by atoms with E-state index in [0.29, 0.717) is 34.7 Å². The zero-order valence-corrected chi connectivity index (χ0v) is 11.9. The lowest BCUT2D eigenvalue weighted by atomic mass is 9.98. The Bertz CT molecular complexity index is 460. The molecule has 0 saturated carbocycles. The largest absolute Gasteiger partial charge is 0.396 e. The van der Waals surface area contributed by atoms with Crippen molar-refractivity contribution in [1.29, 1.82) is 0 Å². The molecule has 1 aromatic rings. The molecule has 1 fully saturated rings. The lowest BCUT2D eigenvalue weighted by molar-refractivity contribution is 0.143. The average molecular weight is 303 g/mol. The number of halogens is 2. The van der Waals surface area contributed by atoms with E-state index in [1.807, 2.05) is 0 Å². The molecule has 0 radical (unpaired) electrons. The van der Waals surface area contributed by atoms with Gasteiger partial charge >= 0.3 is 6.03 Å². The van der Waals surface area contributed by atoms with Gasteiger partial charge in [-0.15, -0.1) is 0 Å². The molecule has 0 aromatic heterocycles. The number of aliphatic hydroxyl groups excluding tert-OH is 1. The standard InChI is InChI=1S/C13H16Cl2N2O2/c14-10-2-1-3-11(12(10)15)16-13(19)17-6-4-9(8-18)5-7-17/h1-3,9,18H,4-8H2,(H,16,19). The molecule has 0 aliphatic carbocycles. The van der Waals surface area contributed by atoms with E-state index in [1.165, 1.54) is 0 Å². The Hall–Kier alpha value is -0.970. The van der Waals surface area contributed by atoms with Crippen molar-refractivity contribution in [2.75, 3.05) is 25.0 Å². The van der Waals surface area contributed by atoms with Crippen molar-refractivity contribution in [1.82, 2.24) is 4.90 Å². The number of carbonyl (C=O) groups excluding carboxylic acids is 1. The van der Waals surface area contributed by atoms with Crippen molar-refractivity contribution in [3.05, 3.63) is 28.2 Å². The lowest BCUT2D eigenvalue weighted by Crippen LogP contribution is -2.41. The molecule has 1 aliphatic rings. The molecule has 19 heavy (non-hydrogen) atoms. The third-order valence-corrected chi connectivity index (χ3v) is 4.17. The van der Waals surface area contributed by atoms with Crippen LogP contribution in [0.2, 0.25) is 10.0 Å². The predicted octanol–water partition coefficient (Wildman–Crippen LogP) is 3.23. The molecule has 0 spiro atoms. The number of hydrogen-bond acceptors (Lipinski definition) is 2. The van der Waals surface area contributed by atoms with Crippen molar-refractivity contribution in [3.63, 3.8) is 0 Å². The van der Waals surface area contributed by atoms with Gasteiger partial charge < -0.3 is 15.3 Å². The molecule has 0 bridgehead atoms. The van der Waals surface area contributed by atoms with Crippen molar-refractivity contribution in [2.45, 2.75) is 12.8 Å². The highest BCUT2D eigenvalue weighted by atomic mass is 35.5. The number of urea groups is 1. The van der Waals surface area contributed by atoms with Crippen LogP contribution in [0.5, 0.6) is 0 Å². The number of rotatable bonds is 2. The minimum Gasteiger partial charge on any atom is -0.396 e. The van der Waals surface area contributed by atoms with Gasteiger partial charge in [-0.1, -0.05) is 29.3 Å². The van der Waals surface area contributed by atoms with E-state index in [1.54, 1.807) is 23.1 Å². The van der Waals surface area contributed by atoms with Crippen molar-refractivity contribution >= 4 is 34.9 Å². The Kier molecular flexibility index (Phi) is 4.91. The van der Waals surface area contributed by atoms with Crippen LogP contribution < -0.4 is 5.32 Å². The summed E-state index contributed by atoms with van der Waals surface area (Å²) >= 11 is 11.9. The first-order chi connectivity index (χ1) is 9.11. The van der Waals surface area contributed by atoms with Crippen molar-refractivity contribution < 1.29 is 9.90 Å². The molecular formula is C13H16Cl2N2O2.